The predicted octanol–water partition coefficient (Wildman–Crippen LogP) is 7.19. The van der Waals surface area contributed by atoms with Crippen LogP contribution in [0, 0.1) is 0 Å². The smallest absolute Gasteiger partial charge is 0.0784 e. The summed E-state index contributed by atoms with van der Waals surface area (Å²) in [4.78, 5) is 0. The van der Waals surface area contributed by atoms with Crippen LogP contribution in [0.1, 0.15) is 59.3 Å². The Labute approximate surface area is 162 Å². The first-order valence-corrected chi connectivity index (χ1v) is 10.6. The molecule has 0 saturated heterocycles. The van der Waals surface area contributed by atoms with Crippen LogP contribution in [0.15, 0.2) is 60.7 Å². The number of hydrogen-bond acceptors (Lipinski definition) is 0. The minimum absolute atomic E-state index is 1.28. The summed E-state index contributed by atoms with van der Waals surface area (Å²) in [6, 6.07) is 20.8. The zero-order chi connectivity index (χ0) is 19.1. The molecule has 0 bridgehead atoms. The van der Waals surface area contributed by atoms with Crippen molar-refractivity contribution in [3.63, 3.8) is 0 Å². The van der Waals surface area contributed by atoms with Crippen molar-refractivity contribution in [2.24, 2.45) is 0 Å². The van der Waals surface area contributed by atoms with Gasteiger partial charge in [0, 0.05) is 0 Å². The molecule has 0 heterocycles. The van der Waals surface area contributed by atoms with E-state index in [2.05, 4.69) is 76.3 Å². The Morgan fingerprint density at radius 2 is 0.846 bits per heavy atom. The van der Waals surface area contributed by atoms with Gasteiger partial charge in [-0.2, -0.15) is 0 Å². The van der Waals surface area contributed by atoms with Crippen LogP contribution in [0.4, 0.5) is 0 Å². The first-order chi connectivity index (χ1) is 12.6. The summed E-state index contributed by atoms with van der Waals surface area (Å²) in [7, 11) is 2.45. The fourth-order valence-corrected chi connectivity index (χ4v) is 3.22. The summed E-state index contributed by atoms with van der Waals surface area (Å²) in [6.07, 6.45) is 8.20. The maximum atomic E-state index is 2.45. The zero-order valence-electron chi connectivity index (χ0n) is 17.6. The lowest BCUT2D eigenvalue weighted by molar-refractivity contribution is -0.910. The quantitative estimate of drug-likeness (QED) is 0.396. The Kier molecular flexibility index (Phi) is 11.7. The molecule has 0 amide bonds. The lowest BCUT2D eigenvalue weighted by atomic mass is 10.1. The number of unbranched alkanes of at least 4 members (excludes halogenated alkanes) is 3. The SMILES string of the molecule is CCCC[N+](C)(CCCC)CCCC.c1ccc(-c2ccccc2)cc1. The molecule has 2 rings (SSSR count). The highest BCUT2D eigenvalue weighted by Gasteiger charge is 2.18. The van der Waals surface area contributed by atoms with Gasteiger partial charge in [-0.15, -0.1) is 0 Å². The number of quaternary nitrogens is 1. The molecular weight excluding hydrogens is 314 g/mol. The number of rotatable bonds is 10. The highest BCUT2D eigenvalue weighted by atomic mass is 15.3. The number of benzene rings is 2. The second-order valence-corrected chi connectivity index (χ2v) is 7.58. The fourth-order valence-electron chi connectivity index (χ4n) is 3.22. The van der Waals surface area contributed by atoms with Gasteiger partial charge in [0.15, 0.2) is 0 Å². The molecule has 26 heavy (non-hydrogen) atoms. The van der Waals surface area contributed by atoms with E-state index >= 15 is 0 Å². The Bertz CT molecular complexity index is 488. The average Bonchev–Trinajstić information content (AvgIpc) is 2.71. The van der Waals surface area contributed by atoms with E-state index in [0.29, 0.717) is 0 Å². The Balaban J connectivity index is 0.000000262. The van der Waals surface area contributed by atoms with Crippen molar-refractivity contribution in [3.05, 3.63) is 60.7 Å². The molecule has 144 valence electrons. The van der Waals surface area contributed by atoms with Gasteiger partial charge in [-0.25, -0.2) is 0 Å². The van der Waals surface area contributed by atoms with E-state index in [-0.39, 0.29) is 0 Å². The highest BCUT2D eigenvalue weighted by Crippen LogP contribution is 2.17. The first-order valence-electron chi connectivity index (χ1n) is 10.6. The predicted molar refractivity (Wildman–Crippen MR) is 117 cm³/mol. The van der Waals surface area contributed by atoms with Gasteiger partial charge in [-0.1, -0.05) is 101 Å². The summed E-state index contributed by atoms with van der Waals surface area (Å²) in [6.45, 7) is 11.0. The van der Waals surface area contributed by atoms with E-state index in [1.807, 2.05) is 12.1 Å². The molecular formula is C25H40N+. The number of nitrogens with zero attached hydrogens (tertiary/aromatic N) is 1. The molecule has 0 fully saturated rings. The van der Waals surface area contributed by atoms with Crippen LogP contribution < -0.4 is 0 Å². The van der Waals surface area contributed by atoms with Crippen molar-refractivity contribution in [2.45, 2.75) is 59.3 Å². The van der Waals surface area contributed by atoms with Crippen molar-refractivity contribution >= 4 is 0 Å². The molecule has 0 aromatic heterocycles. The van der Waals surface area contributed by atoms with E-state index in [0.717, 1.165) is 0 Å². The maximum Gasteiger partial charge on any atom is 0.0784 e. The second kappa shape index (κ2) is 13.6. The summed E-state index contributed by atoms with van der Waals surface area (Å²) >= 11 is 0. The molecule has 0 atom stereocenters. The largest absolute Gasteiger partial charge is 0.326 e. The van der Waals surface area contributed by atoms with Gasteiger partial charge in [-0.3, -0.25) is 0 Å². The molecule has 0 aliphatic heterocycles. The zero-order valence-corrected chi connectivity index (χ0v) is 17.6. The van der Waals surface area contributed by atoms with Gasteiger partial charge in [-0.05, 0) is 30.4 Å². The van der Waals surface area contributed by atoms with E-state index < -0.39 is 0 Å². The van der Waals surface area contributed by atoms with Gasteiger partial charge in [0.25, 0.3) is 0 Å². The van der Waals surface area contributed by atoms with E-state index in [9.17, 15) is 0 Å². The molecule has 0 unspecified atom stereocenters. The summed E-state index contributed by atoms with van der Waals surface area (Å²) in [5.74, 6) is 0. The standard InChI is InChI=1S/C13H30N.C12H10/c1-5-8-11-14(4,12-9-6-2)13-10-7-3;1-3-7-11(8-4-1)12-9-5-2-6-10-12/h5-13H2,1-4H3;1-10H/q+1;. The van der Waals surface area contributed by atoms with Gasteiger partial charge >= 0.3 is 0 Å². The Morgan fingerprint density at radius 1 is 0.538 bits per heavy atom. The van der Waals surface area contributed by atoms with Crippen LogP contribution in [-0.2, 0) is 0 Å². The molecule has 0 N–H and O–H groups in total. The average molecular weight is 355 g/mol. The van der Waals surface area contributed by atoms with Gasteiger partial charge in [0.1, 0.15) is 0 Å². The molecule has 0 spiro atoms. The van der Waals surface area contributed by atoms with Crippen LogP contribution >= 0.6 is 0 Å². The van der Waals surface area contributed by atoms with Crippen molar-refractivity contribution in [1.82, 2.24) is 0 Å². The fraction of sp³-hybridized carbons (Fsp3) is 0.520. The second-order valence-electron chi connectivity index (χ2n) is 7.58. The van der Waals surface area contributed by atoms with Crippen LogP contribution in [0.2, 0.25) is 0 Å². The van der Waals surface area contributed by atoms with Crippen LogP contribution in [0.3, 0.4) is 0 Å². The Morgan fingerprint density at radius 3 is 1.12 bits per heavy atom. The van der Waals surface area contributed by atoms with Crippen LogP contribution in [0.25, 0.3) is 11.1 Å². The van der Waals surface area contributed by atoms with Gasteiger partial charge in [0.05, 0.1) is 26.7 Å². The summed E-state index contributed by atoms with van der Waals surface area (Å²) in [5.41, 5.74) is 2.55. The molecule has 2 aromatic carbocycles. The molecule has 0 aliphatic rings. The van der Waals surface area contributed by atoms with E-state index in [4.69, 9.17) is 0 Å². The van der Waals surface area contributed by atoms with Gasteiger partial charge in [0.2, 0.25) is 0 Å². The summed E-state index contributed by atoms with van der Waals surface area (Å²) < 4.78 is 1.32. The highest BCUT2D eigenvalue weighted by molar-refractivity contribution is 5.62. The van der Waals surface area contributed by atoms with Crippen molar-refractivity contribution in [1.29, 1.82) is 0 Å². The van der Waals surface area contributed by atoms with Crippen molar-refractivity contribution in [3.8, 4) is 11.1 Å². The third-order valence-corrected chi connectivity index (χ3v) is 5.04. The molecule has 1 nitrogen and oxygen atoms in total. The van der Waals surface area contributed by atoms with Crippen molar-refractivity contribution < 1.29 is 4.48 Å². The maximum absolute atomic E-state index is 2.45. The molecule has 0 radical (unpaired) electrons. The number of hydrogen-bond donors (Lipinski definition) is 0. The minimum Gasteiger partial charge on any atom is -0.326 e. The molecule has 0 saturated carbocycles. The van der Waals surface area contributed by atoms with Crippen molar-refractivity contribution in [2.75, 3.05) is 26.7 Å². The molecule has 2 aromatic rings. The van der Waals surface area contributed by atoms with Crippen LogP contribution in [-0.4, -0.2) is 31.2 Å². The summed E-state index contributed by atoms with van der Waals surface area (Å²) in [5, 5.41) is 0. The molecule has 1 heteroatoms. The van der Waals surface area contributed by atoms with Gasteiger partial charge < -0.3 is 4.48 Å². The normalized spacial score (nSPS) is 10.9. The lowest BCUT2D eigenvalue weighted by Gasteiger charge is -2.34. The molecule has 0 aliphatic carbocycles. The Hall–Kier alpha value is -1.60. The third kappa shape index (κ3) is 9.20. The minimum atomic E-state index is 1.28. The van der Waals surface area contributed by atoms with E-state index in [1.165, 1.54) is 73.8 Å². The topological polar surface area (TPSA) is 0 Å². The van der Waals surface area contributed by atoms with E-state index in [1.54, 1.807) is 0 Å². The lowest BCUT2D eigenvalue weighted by Crippen LogP contribution is -2.46. The monoisotopic (exact) mass is 354 g/mol. The third-order valence-electron chi connectivity index (χ3n) is 5.04. The van der Waals surface area contributed by atoms with Crippen LogP contribution in [0.5, 0.6) is 0 Å². The first kappa shape index (κ1) is 22.4.